The third kappa shape index (κ3) is 3.91. The van der Waals surface area contributed by atoms with E-state index in [2.05, 4.69) is 5.32 Å². The Morgan fingerprint density at radius 1 is 1.13 bits per heavy atom. The molecule has 0 unspecified atom stereocenters. The summed E-state index contributed by atoms with van der Waals surface area (Å²) in [6.07, 6.45) is 3.19. The van der Waals surface area contributed by atoms with Crippen molar-refractivity contribution in [2.45, 2.75) is 30.2 Å². The lowest BCUT2D eigenvalue weighted by atomic mass is 10.1. The van der Waals surface area contributed by atoms with Gasteiger partial charge in [0.05, 0.1) is 5.39 Å². The van der Waals surface area contributed by atoms with Crippen LogP contribution in [0.3, 0.4) is 0 Å². The van der Waals surface area contributed by atoms with Gasteiger partial charge in [0.1, 0.15) is 4.83 Å². The van der Waals surface area contributed by atoms with Crippen LogP contribution in [0.25, 0.3) is 10.2 Å². The highest BCUT2D eigenvalue weighted by atomic mass is 32.2. The van der Waals surface area contributed by atoms with Gasteiger partial charge in [0.15, 0.2) is 5.16 Å². The van der Waals surface area contributed by atoms with Crippen LogP contribution in [-0.2, 0) is 25.6 Å². The van der Waals surface area contributed by atoms with Crippen LogP contribution >= 0.6 is 23.1 Å². The van der Waals surface area contributed by atoms with Crippen LogP contribution in [-0.4, -0.2) is 15.5 Å². The number of thioether (sulfide) groups is 1. The van der Waals surface area contributed by atoms with Gasteiger partial charge in [-0.05, 0) is 54.7 Å². The molecule has 2 aromatic carbocycles. The number of hydrogen-bond donors (Lipinski definition) is 1. The Morgan fingerprint density at radius 3 is 2.68 bits per heavy atom. The second-order valence-electron chi connectivity index (χ2n) is 7.60. The number of nitrogens with one attached hydrogen (secondary N) is 1. The standard InChI is InChI=1S/C24H21N3O2S2/c1-27-23(29)20-18-8-5-9-19(18)31-22(20)26-24(27)30-14-15-10-12-16(13-11-15)21(28)25-17-6-3-2-4-7-17/h2-4,6-7,10-13H,5,8-9,14H2,1H3,(H,25,28). The molecular weight excluding hydrogens is 426 g/mol. The molecular formula is C24H21N3O2S2. The number of aromatic nitrogens is 2. The number of amides is 1. The van der Waals surface area contributed by atoms with Crippen LogP contribution in [0.2, 0.25) is 0 Å². The maximum atomic E-state index is 12.9. The molecule has 1 amide bonds. The zero-order chi connectivity index (χ0) is 21.4. The van der Waals surface area contributed by atoms with Crippen molar-refractivity contribution in [3.05, 3.63) is 86.5 Å². The third-order valence-corrected chi connectivity index (χ3v) is 7.81. The lowest BCUT2D eigenvalue weighted by Gasteiger charge is -2.08. The first-order chi connectivity index (χ1) is 15.1. The number of carbonyl (C=O) groups excluding carboxylic acids is 1. The summed E-state index contributed by atoms with van der Waals surface area (Å²) < 4.78 is 1.67. The Labute approximate surface area is 188 Å². The van der Waals surface area contributed by atoms with E-state index in [0.29, 0.717) is 11.3 Å². The number of carbonyl (C=O) groups is 1. The van der Waals surface area contributed by atoms with E-state index in [1.165, 1.54) is 10.4 Å². The van der Waals surface area contributed by atoms with Crippen LogP contribution in [0.1, 0.15) is 32.8 Å². The summed E-state index contributed by atoms with van der Waals surface area (Å²) in [5.74, 6) is 0.544. The zero-order valence-corrected chi connectivity index (χ0v) is 18.7. The van der Waals surface area contributed by atoms with E-state index < -0.39 is 0 Å². The van der Waals surface area contributed by atoms with Gasteiger partial charge in [-0.25, -0.2) is 4.98 Å². The predicted molar refractivity (Wildman–Crippen MR) is 127 cm³/mol. The lowest BCUT2D eigenvalue weighted by molar-refractivity contribution is 0.102. The fourth-order valence-corrected chi connectivity index (χ4v) is 6.09. The van der Waals surface area contributed by atoms with Gasteiger partial charge in [-0.1, -0.05) is 42.1 Å². The number of benzene rings is 2. The van der Waals surface area contributed by atoms with E-state index in [1.807, 2.05) is 54.6 Å². The molecule has 0 saturated carbocycles. The van der Waals surface area contributed by atoms with E-state index in [1.54, 1.807) is 34.7 Å². The van der Waals surface area contributed by atoms with E-state index >= 15 is 0 Å². The van der Waals surface area contributed by atoms with Crippen LogP contribution in [0.15, 0.2) is 64.5 Å². The summed E-state index contributed by atoms with van der Waals surface area (Å²) in [6.45, 7) is 0. The monoisotopic (exact) mass is 447 g/mol. The van der Waals surface area contributed by atoms with Gasteiger partial charge in [0, 0.05) is 28.9 Å². The van der Waals surface area contributed by atoms with Gasteiger partial charge < -0.3 is 5.32 Å². The molecule has 0 bridgehead atoms. The van der Waals surface area contributed by atoms with Gasteiger partial charge in [-0.15, -0.1) is 11.3 Å². The third-order valence-electron chi connectivity index (χ3n) is 5.52. The van der Waals surface area contributed by atoms with E-state index in [-0.39, 0.29) is 11.5 Å². The molecule has 0 spiro atoms. The molecule has 2 heterocycles. The second-order valence-corrected chi connectivity index (χ2v) is 9.63. The summed E-state index contributed by atoms with van der Waals surface area (Å²) >= 11 is 3.21. The molecule has 4 aromatic rings. The first-order valence-corrected chi connectivity index (χ1v) is 12.0. The molecule has 0 radical (unpaired) electrons. The summed E-state index contributed by atoms with van der Waals surface area (Å²) in [5.41, 5.74) is 3.73. The molecule has 1 N–H and O–H groups in total. The Kier molecular flexibility index (Phi) is 5.38. The SMILES string of the molecule is Cn1c(SCc2ccc(C(=O)Nc3ccccc3)cc2)nc2sc3c(c2c1=O)CCC3. The van der Waals surface area contributed by atoms with E-state index in [9.17, 15) is 9.59 Å². The van der Waals surface area contributed by atoms with E-state index in [4.69, 9.17) is 4.98 Å². The van der Waals surface area contributed by atoms with Crippen LogP contribution < -0.4 is 10.9 Å². The minimum atomic E-state index is -0.134. The fraction of sp³-hybridized carbons (Fsp3) is 0.208. The highest BCUT2D eigenvalue weighted by molar-refractivity contribution is 7.98. The lowest BCUT2D eigenvalue weighted by Crippen LogP contribution is -2.20. The van der Waals surface area contributed by atoms with Crippen molar-refractivity contribution in [3.8, 4) is 0 Å². The van der Waals surface area contributed by atoms with Crippen LogP contribution in [0, 0.1) is 0 Å². The van der Waals surface area contributed by atoms with Gasteiger partial charge in [0.2, 0.25) is 0 Å². The van der Waals surface area contributed by atoms with Crippen molar-refractivity contribution >= 4 is 44.9 Å². The normalized spacial score (nSPS) is 12.8. The van der Waals surface area contributed by atoms with Crippen LogP contribution in [0.4, 0.5) is 5.69 Å². The van der Waals surface area contributed by atoms with Gasteiger partial charge in [-0.2, -0.15) is 0 Å². The van der Waals surface area contributed by atoms with Gasteiger partial charge >= 0.3 is 0 Å². The second kappa shape index (κ2) is 8.32. The highest BCUT2D eigenvalue weighted by Crippen LogP contribution is 2.35. The molecule has 31 heavy (non-hydrogen) atoms. The number of para-hydroxylation sites is 1. The molecule has 0 atom stereocenters. The van der Waals surface area contributed by atoms with Gasteiger partial charge in [-0.3, -0.25) is 14.2 Å². The molecule has 0 fully saturated rings. The Bertz CT molecular complexity index is 1330. The van der Waals surface area contributed by atoms with Crippen molar-refractivity contribution < 1.29 is 4.79 Å². The topological polar surface area (TPSA) is 64.0 Å². The smallest absolute Gasteiger partial charge is 0.262 e. The summed E-state index contributed by atoms with van der Waals surface area (Å²) in [6, 6.07) is 17.0. The first-order valence-electron chi connectivity index (χ1n) is 10.2. The molecule has 156 valence electrons. The number of nitrogens with zero attached hydrogens (tertiary/aromatic N) is 2. The predicted octanol–water partition coefficient (Wildman–Crippen LogP) is 5.03. The number of rotatable bonds is 5. The van der Waals surface area contributed by atoms with E-state index in [0.717, 1.165) is 45.9 Å². The highest BCUT2D eigenvalue weighted by Gasteiger charge is 2.22. The maximum Gasteiger partial charge on any atom is 0.262 e. The average molecular weight is 448 g/mol. The number of hydrogen-bond acceptors (Lipinski definition) is 5. The Morgan fingerprint density at radius 2 is 1.90 bits per heavy atom. The molecule has 2 aromatic heterocycles. The largest absolute Gasteiger partial charge is 0.322 e. The van der Waals surface area contributed by atoms with Crippen molar-refractivity contribution in [1.82, 2.24) is 9.55 Å². The number of thiophene rings is 1. The number of aryl methyl sites for hydroxylation is 2. The maximum absolute atomic E-state index is 12.9. The zero-order valence-electron chi connectivity index (χ0n) is 17.1. The molecule has 5 nitrogen and oxygen atoms in total. The summed E-state index contributed by atoms with van der Waals surface area (Å²) in [5, 5.41) is 4.43. The van der Waals surface area contributed by atoms with Crippen LogP contribution in [0.5, 0.6) is 0 Å². The number of anilines is 1. The summed E-state index contributed by atoms with van der Waals surface area (Å²) in [4.78, 5) is 32.3. The average Bonchev–Trinajstić information content (AvgIpc) is 3.37. The Balaban J connectivity index is 1.30. The number of fused-ring (bicyclic) bond motifs is 3. The fourth-order valence-electron chi connectivity index (χ4n) is 3.86. The molecule has 7 heteroatoms. The molecule has 5 rings (SSSR count). The molecule has 0 aliphatic heterocycles. The minimum Gasteiger partial charge on any atom is -0.322 e. The molecule has 1 aliphatic carbocycles. The van der Waals surface area contributed by atoms with Crippen molar-refractivity contribution in [1.29, 1.82) is 0 Å². The molecule has 0 saturated heterocycles. The Hall–Kier alpha value is -2.90. The molecule has 1 aliphatic rings. The van der Waals surface area contributed by atoms with Crippen molar-refractivity contribution in [3.63, 3.8) is 0 Å². The van der Waals surface area contributed by atoms with Crippen molar-refractivity contribution in [2.24, 2.45) is 7.05 Å². The quantitative estimate of drug-likeness (QED) is 0.344. The minimum absolute atomic E-state index is 0.0554. The first kappa shape index (κ1) is 20.0. The van der Waals surface area contributed by atoms with Crippen molar-refractivity contribution in [2.75, 3.05) is 5.32 Å². The summed E-state index contributed by atoms with van der Waals surface area (Å²) in [7, 11) is 1.80. The van der Waals surface area contributed by atoms with Gasteiger partial charge in [0.25, 0.3) is 11.5 Å².